The highest BCUT2D eigenvalue weighted by Gasteiger charge is 2.41. The van der Waals surface area contributed by atoms with Gasteiger partial charge in [0, 0.05) is 6.54 Å². The van der Waals surface area contributed by atoms with Gasteiger partial charge in [0.1, 0.15) is 5.75 Å². The van der Waals surface area contributed by atoms with Crippen molar-refractivity contribution >= 4 is 15.8 Å². The Bertz CT molecular complexity index is 804. The van der Waals surface area contributed by atoms with Crippen LogP contribution in [0.2, 0.25) is 0 Å². The van der Waals surface area contributed by atoms with Crippen molar-refractivity contribution in [1.82, 2.24) is 10.2 Å². The smallest absolute Gasteiger partial charge is 0.239 e. The van der Waals surface area contributed by atoms with Gasteiger partial charge in [-0.1, -0.05) is 12.1 Å². The van der Waals surface area contributed by atoms with Gasteiger partial charge < -0.3 is 10.5 Å². The highest BCUT2D eigenvalue weighted by molar-refractivity contribution is 7.93. The number of nitrogens with two attached hydrogens (primary N) is 1. The van der Waals surface area contributed by atoms with Crippen LogP contribution in [0, 0.1) is 0 Å². The van der Waals surface area contributed by atoms with E-state index in [1.165, 1.54) is 4.31 Å². The number of hydrogen-bond acceptors (Lipinski definition) is 6. The minimum atomic E-state index is -3.46. The molecule has 0 spiro atoms. The van der Waals surface area contributed by atoms with E-state index < -0.39 is 10.0 Å². The van der Waals surface area contributed by atoms with Crippen molar-refractivity contribution in [2.45, 2.75) is 31.2 Å². The molecule has 128 valence electrons. The fraction of sp³-hybridized carbons (Fsp3) is 0.375. The van der Waals surface area contributed by atoms with Gasteiger partial charge in [-0.05, 0) is 42.2 Å². The lowest BCUT2D eigenvalue weighted by atomic mass is 10.2. The van der Waals surface area contributed by atoms with Gasteiger partial charge >= 0.3 is 0 Å². The van der Waals surface area contributed by atoms with Crippen LogP contribution in [0.3, 0.4) is 0 Å². The van der Waals surface area contributed by atoms with Crippen molar-refractivity contribution in [3.8, 4) is 5.75 Å². The molecule has 0 saturated heterocycles. The molecule has 1 saturated carbocycles. The molecule has 0 amide bonds. The first kappa shape index (κ1) is 16.7. The third kappa shape index (κ3) is 3.49. The Labute approximate surface area is 141 Å². The summed E-state index contributed by atoms with van der Waals surface area (Å²) in [6.45, 7) is 0.480. The maximum Gasteiger partial charge on any atom is 0.239 e. The van der Waals surface area contributed by atoms with E-state index in [9.17, 15) is 8.42 Å². The topological polar surface area (TPSA) is 98.4 Å². The van der Waals surface area contributed by atoms with Crippen LogP contribution in [0.1, 0.15) is 24.0 Å². The summed E-state index contributed by atoms with van der Waals surface area (Å²) in [4.78, 5) is 0. The molecule has 1 aromatic heterocycles. The predicted molar refractivity (Wildman–Crippen MR) is 91.0 cm³/mol. The summed E-state index contributed by atoms with van der Waals surface area (Å²) in [5, 5.41) is 7.56. The van der Waals surface area contributed by atoms with Crippen molar-refractivity contribution in [1.29, 1.82) is 0 Å². The second kappa shape index (κ2) is 6.74. The van der Waals surface area contributed by atoms with E-state index in [2.05, 4.69) is 10.2 Å². The minimum Gasteiger partial charge on any atom is -0.497 e. The standard InChI is InChI=1S/C16H20N4O3S/c1-23-14-4-2-12(3-5-14)11-20(24(21,22)15-6-7-15)16-8-13(9-17)10-18-19-16/h2-5,8,10,15H,6-7,9,11,17H2,1H3. The molecule has 1 aromatic carbocycles. The van der Waals surface area contributed by atoms with Crippen LogP contribution in [0.4, 0.5) is 5.82 Å². The van der Waals surface area contributed by atoms with Crippen LogP contribution >= 0.6 is 0 Å². The van der Waals surface area contributed by atoms with Crippen LogP contribution in [0.5, 0.6) is 5.75 Å². The van der Waals surface area contributed by atoms with E-state index in [-0.39, 0.29) is 18.3 Å². The summed E-state index contributed by atoms with van der Waals surface area (Å²) in [7, 11) is -1.87. The average molecular weight is 348 g/mol. The summed E-state index contributed by atoms with van der Waals surface area (Å²) in [6, 6.07) is 8.97. The number of sulfonamides is 1. The second-order valence-corrected chi connectivity index (χ2v) is 7.86. The third-order valence-electron chi connectivity index (χ3n) is 3.93. The molecule has 2 aromatic rings. The normalized spacial score (nSPS) is 14.4. The first-order valence-corrected chi connectivity index (χ1v) is 9.21. The number of rotatable bonds is 7. The minimum absolute atomic E-state index is 0.200. The second-order valence-electron chi connectivity index (χ2n) is 5.73. The van der Waals surface area contributed by atoms with Gasteiger partial charge in [0.25, 0.3) is 0 Å². The van der Waals surface area contributed by atoms with Crippen molar-refractivity contribution in [2.75, 3.05) is 11.4 Å². The van der Waals surface area contributed by atoms with Gasteiger partial charge in [0.2, 0.25) is 10.0 Å². The summed E-state index contributed by atoms with van der Waals surface area (Å²) in [5.41, 5.74) is 7.22. The molecule has 0 bridgehead atoms. The monoisotopic (exact) mass is 348 g/mol. The molecule has 8 heteroatoms. The molecule has 0 radical (unpaired) electrons. The molecule has 1 heterocycles. The molecule has 1 aliphatic carbocycles. The quantitative estimate of drug-likeness (QED) is 0.813. The van der Waals surface area contributed by atoms with Gasteiger partial charge in [0.05, 0.1) is 25.1 Å². The number of ether oxygens (including phenoxy) is 1. The highest BCUT2D eigenvalue weighted by atomic mass is 32.2. The van der Waals surface area contributed by atoms with E-state index in [1.54, 1.807) is 31.5 Å². The zero-order valence-corrected chi connectivity index (χ0v) is 14.2. The Balaban J connectivity index is 1.95. The Hall–Kier alpha value is -2.19. The summed E-state index contributed by atoms with van der Waals surface area (Å²) >= 11 is 0. The lowest BCUT2D eigenvalue weighted by Gasteiger charge is -2.23. The van der Waals surface area contributed by atoms with E-state index in [1.807, 2.05) is 12.1 Å². The molecule has 24 heavy (non-hydrogen) atoms. The van der Waals surface area contributed by atoms with Crippen LogP contribution in [0.25, 0.3) is 0 Å². The van der Waals surface area contributed by atoms with Crippen LogP contribution in [-0.2, 0) is 23.1 Å². The fourth-order valence-corrected chi connectivity index (χ4v) is 4.14. The fourth-order valence-electron chi connectivity index (χ4n) is 2.37. The number of hydrogen-bond donors (Lipinski definition) is 1. The van der Waals surface area contributed by atoms with Gasteiger partial charge in [-0.2, -0.15) is 5.10 Å². The molecule has 0 atom stereocenters. The Morgan fingerprint density at radius 3 is 2.54 bits per heavy atom. The number of aromatic nitrogens is 2. The zero-order valence-electron chi connectivity index (χ0n) is 13.4. The Morgan fingerprint density at radius 1 is 1.25 bits per heavy atom. The molecule has 0 unspecified atom stereocenters. The van der Waals surface area contributed by atoms with Crippen molar-refractivity contribution in [3.05, 3.63) is 47.7 Å². The number of methoxy groups -OCH3 is 1. The SMILES string of the molecule is COc1ccc(CN(c2cc(CN)cnn2)S(=O)(=O)C2CC2)cc1. The van der Waals surface area contributed by atoms with Crippen LogP contribution in [-0.4, -0.2) is 31.0 Å². The molecular formula is C16H20N4O3S. The third-order valence-corrected chi connectivity index (χ3v) is 6.17. The Kier molecular flexibility index (Phi) is 4.68. The van der Waals surface area contributed by atoms with Crippen molar-refractivity contribution in [2.24, 2.45) is 5.73 Å². The van der Waals surface area contributed by atoms with Crippen molar-refractivity contribution in [3.63, 3.8) is 0 Å². The molecule has 2 N–H and O–H groups in total. The molecule has 1 fully saturated rings. The van der Waals surface area contributed by atoms with E-state index >= 15 is 0 Å². The van der Waals surface area contributed by atoms with Gasteiger partial charge in [-0.3, -0.25) is 0 Å². The molecule has 0 aliphatic heterocycles. The average Bonchev–Trinajstić information content (AvgIpc) is 3.45. The lowest BCUT2D eigenvalue weighted by Crippen LogP contribution is -2.34. The maximum atomic E-state index is 12.8. The van der Waals surface area contributed by atoms with E-state index in [4.69, 9.17) is 10.5 Å². The number of anilines is 1. The highest BCUT2D eigenvalue weighted by Crippen LogP contribution is 2.34. The van der Waals surface area contributed by atoms with Crippen LogP contribution in [0.15, 0.2) is 36.5 Å². The number of benzene rings is 1. The first-order chi connectivity index (χ1) is 11.5. The molecule has 7 nitrogen and oxygen atoms in total. The van der Waals surface area contributed by atoms with Gasteiger partial charge in [0.15, 0.2) is 5.82 Å². The largest absolute Gasteiger partial charge is 0.497 e. The summed E-state index contributed by atoms with van der Waals surface area (Å²) < 4.78 is 32.1. The van der Waals surface area contributed by atoms with Crippen LogP contribution < -0.4 is 14.8 Å². The Morgan fingerprint density at radius 2 is 1.96 bits per heavy atom. The molecule has 1 aliphatic rings. The summed E-state index contributed by atoms with van der Waals surface area (Å²) in [5.74, 6) is 1.03. The van der Waals surface area contributed by atoms with Gasteiger partial charge in [-0.15, -0.1) is 5.10 Å². The lowest BCUT2D eigenvalue weighted by molar-refractivity contribution is 0.414. The molecule has 3 rings (SSSR count). The van der Waals surface area contributed by atoms with Gasteiger partial charge in [-0.25, -0.2) is 12.7 Å². The van der Waals surface area contributed by atoms with E-state index in [0.29, 0.717) is 18.7 Å². The number of nitrogens with zero attached hydrogens (tertiary/aromatic N) is 3. The van der Waals surface area contributed by atoms with Crippen molar-refractivity contribution < 1.29 is 13.2 Å². The summed E-state index contributed by atoms with van der Waals surface area (Å²) in [6.07, 6.45) is 2.91. The maximum absolute atomic E-state index is 12.8. The zero-order chi connectivity index (χ0) is 17.2. The molecular weight excluding hydrogens is 328 g/mol. The van der Waals surface area contributed by atoms with E-state index in [0.717, 1.165) is 16.9 Å². The first-order valence-electron chi connectivity index (χ1n) is 7.70. The predicted octanol–water partition coefficient (Wildman–Crippen LogP) is 1.44.